The Morgan fingerprint density at radius 2 is 1.95 bits per heavy atom. The summed E-state index contributed by atoms with van der Waals surface area (Å²) in [7, 11) is -3.37. The van der Waals surface area contributed by atoms with E-state index in [2.05, 4.69) is 18.7 Å². The van der Waals surface area contributed by atoms with Crippen LogP contribution in [-0.4, -0.2) is 43.0 Å². The largest absolute Gasteiger partial charge is 0.301 e. The van der Waals surface area contributed by atoms with E-state index in [1.807, 2.05) is 0 Å². The molecule has 110 valence electrons. The third kappa shape index (κ3) is 1.89. The molecule has 6 heteroatoms. The zero-order valence-electron chi connectivity index (χ0n) is 11.8. The maximum absolute atomic E-state index is 12.9. The van der Waals surface area contributed by atoms with Gasteiger partial charge in [-0.15, -0.1) is 11.3 Å². The van der Waals surface area contributed by atoms with Crippen molar-refractivity contribution in [1.29, 1.82) is 0 Å². The van der Waals surface area contributed by atoms with Crippen LogP contribution in [0.4, 0.5) is 0 Å². The van der Waals surface area contributed by atoms with Crippen LogP contribution in [0.5, 0.6) is 0 Å². The predicted octanol–water partition coefficient (Wildman–Crippen LogP) is 2.35. The Hall–Kier alpha value is -0.720. The maximum Gasteiger partial charge on any atom is 0.194 e. The summed E-state index contributed by atoms with van der Waals surface area (Å²) >= 11 is 1.19. The number of thiophene rings is 1. The van der Waals surface area contributed by atoms with Crippen molar-refractivity contribution in [3.05, 3.63) is 17.0 Å². The van der Waals surface area contributed by atoms with Crippen molar-refractivity contribution in [2.75, 3.05) is 13.1 Å². The standard InChI is InChI=1S/C14H19NO3S2/c1-10(2)15-6-4-14(5-7-15)9-12(16)11-3-8-19-13(11)20(14,17)18/h3,8,10H,4-7,9H2,1-2H3. The molecule has 4 nitrogen and oxygen atoms in total. The lowest BCUT2D eigenvalue weighted by Gasteiger charge is -2.43. The van der Waals surface area contributed by atoms with Crippen LogP contribution in [0.1, 0.15) is 43.5 Å². The summed E-state index contributed by atoms with van der Waals surface area (Å²) < 4.78 is 25.3. The molecule has 1 saturated heterocycles. The van der Waals surface area contributed by atoms with Gasteiger partial charge in [-0.1, -0.05) is 0 Å². The molecule has 0 saturated carbocycles. The van der Waals surface area contributed by atoms with Crippen molar-refractivity contribution < 1.29 is 13.2 Å². The van der Waals surface area contributed by atoms with Gasteiger partial charge < -0.3 is 4.90 Å². The average molecular weight is 313 g/mol. The minimum absolute atomic E-state index is 0.00549. The van der Waals surface area contributed by atoms with E-state index in [1.54, 1.807) is 11.4 Å². The molecule has 2 aliphatic rings. The number of hydrogen-bond donors (Lipinski definition) is 0. The Morgan fingerprint density at radius 1 is 1.30 bits per heavy atom. The second-order valence-corrected chi connectivity index (χ2v) is 9.49. The highest BCUT2D eigenvalue weighted by atomic mass is 32.2. The van der Waals surface area contributed by atoms with E-state index in [1.165, 1.54) is 11.3 Å². The molecule has 3 rings (SSSR count). The molecule has 0 bridgehead atoms. The van der Waals surface area contributed by atoms with E-state index in [-0.39, 0.29) is 12.2 Å². The van der Waals surface area contributed by atoms with Crippen LogP contribution < -0.4 is 0 Å². The molecule has 3 heterocycles. The van der Waals surface area contributed by atoms with E-state index in [0.29, 0.717) is 28.7 Å². The van der Waals surface area contributed by atoms with Gasteiger partial charge >= 0.3 is 0 Å². The first-order valence-electron chi connectivity index (χ1n) is 6.97. The van der Waals surface area contributed by atoms with Crippen molar-refractivity contribution in [3.63, 3.8) is 0 Å². The van der Waals surface area contributed by atoms with Crippen molar-refractivity contribution in [3.8, 4) is 0 Å². The highest BCUT2D eigenvalue weighted by Crippen LogP contribution is 2.46. The highest BCUT2D eigenvalue weighted by Gasteiger charge is 2.53. The number of sulfone groups is 1. The minimum Gasteiger partial charge on any atom is -0.301 e. The van der Waals surface area contributed by atoms with Gasteiger partial charge in [0.05, 0.1) is 4.75 Å². The summed E-state index contributed by atoms with van der Waals surface area (Å²) in [5.74, 6) is -0.00549. The lowest BCUT2D eigenvalue weighted by atomic mass is 9.88. The molecule has 1 aromatic heterocycles. The molecule has 0 atom stereocenters. The lowest BCUT2D eigenvalue weighted by Crippen LogP contribution is -2.53. The van der Waals surface area contributed by atoms with Crippen LogP contribution in [0.15, 0.2) is 15.7 Å². The molecule has 0 amide bonds. The number of nitrogens with zero attached hydrogens (tertiary/aromatic N) is 1. The SMILES string of the molecule is CC(C)N1CCC2(CC1)CC(=O)c1ccsc1S2(=O)=O. The smallest absolute Gasteiger partial charge is 0.194 e. The molecular formula is C14H19NO3S2. The maximum atomic E-state index is 12.9. The first-order chi connectivity index (χ1) is 9.37. The Labute approximate surface area is 123 Å². The molecular weight excluding hydrogens is 294 g/mol. The van der Waals surface area contributed by atoms with E-state index < -0.39 is 14.6 Å². The second-order valence-electron chi connectivity index (χ2n) is 6.04. The first-order valence-corrected chi connectivity index (χ1v) is 9.33. The van der Waals surface area contributed by atoms with Gasteiger partial charge in [0, 0.05) is 18.0 Å². The Bertz CT molecular complexity index is 637. The van der Waals surface area contributed by atoms with Crippen molar-refractivity contribution in [1.82, 2.24) is 4.90 Å². The van der Waals surface area contributed by atoms with E-state index in [9.17, 15) is 13.2 Å². The topological polar surface area (TPSA) is 54.5 Å². The number of piperidine rings is 1. The predicted molar refractivity (Wildman–Crippen MR) is 79.1 cm³/mol. The van der Waals surface area contributed by atoms with Crippen LogP contribution in [-0.2, 0) is 9.84 Å². The number of hydrogen-bond acceptors (Lipinski definition) is 5. The van der Waals surface area contributed by atoms with Gasteiger partial charge in [-0.25, -0.2) is 8.42 Å². The van der Waals surface area contributed by atoms with Crippen LogP contribution in [0.2, 0.25) is 0 Å². The molecule has 0 aliphatic carbocycles. The summed E-state index contributed by atoms with van der Waals surface area (Å²) in [6, 6.07) is 2.07. The Kier molecular flexibility index (Phi) is 3.30. The van der Waals surface area contributed by atoms with Gasteiger partial charge in [0.1, 0.15) is 4.21 Å². The van der Waals surface area contributed by atoms with Crippen LogP contribution in [0.25, 0.3) is 0 Å². The minimum atomic E-state index is -3.37. The molecule has 1 aromatic rings. The summed E-state index contributed by atoms with van der Waals surface area (Å²) in [4.78, 5) is 14.5. The number of carbonyl (C=O) groups excluding carboxylic acids is 1. The van der Waals surface area contributed by atoms with Crippen LogP contribution in [0.3, 0.4) is 0 Å². The van der Waals surface area contributed by atoms with Gasteiger partial charge in [0.15, 0.2) is 15.6 Å². The molecule has 0 N–H and O–H groups in total. The molecule has 1 spiro atoms. The van der Waals surface area contributed by atoms with Crippen LogP contribution >= 0.6 is 11.3 Å². The van der Waals surface area contributed by atoms with Crippen LogP contribution in [0, 0.1) is 0 Å². The first kappa shape index (κ1) is 14.2. The lowest BCUT2D eigenvalue weighted by molar-refractivity contribution is 0.0919. The monoisotopic (exact) mass is 313 g/mol. The number of Topliss-reactive ketones (excluding diaryl/α,β-unsaturated/α-hetero) is 1. The molecule has 0 radical (unpaired) electrons. The fourth-order valence-corrected chi connectivity index (χ4v) is 7.03. The second kappa shape index (κ2) is 4.64. The summed E-state index contributed by atoms with van der Waals surface area (Å²) in [5.41, 5.74) is 0.409. The average Bonchev–Trinajstić information content (AvgIpc) is 2.88. The Balaban J connectivity index is 1.99. The molecule has 2 aliphatic heterocycles. The van der Waals surface area contributed by atoms with E-state index in [4.69, 9.17) is 0 Å². The number of carbonyl (C=O) groups is 1. The van der Waals surface area contributed by atoms with Gasteiger partial charge in [-0.3, -0.25) is 4.79 Å². The number of fused-ring (bicyclic) bond motifs is 1. The molecule has 20 heavy (non-hydrogen) atoms. The Morgan fingerprint density at radius 3 is 2.55 bits per heavy atom. The van der Waals surface area contributed by atoms with Gasteiger partial charge in [0.25, 0.3) is 0 Å². The van der Waals surface area contributed by atoms with Gasteiger partial charge in [-0.05, 0) is 51.2 Å². The zero-order chi connectivity index (χ0) is 14.5. The van der Waals surface area contributed by atoms with Crippen molar-refractivity contribution in [2.24, 2.45) is 0 Å². The number of ketones is 1. The highest BCUT2D eigenvalue weighted by molar-refractivity contribution is 7.95. The molecule has 1 fully saturated rings. The molecule has 0 aromatic carbocycles. The fraction of sp³-hybridized carbons (Fsp3) is 0.643. The summed E-state index contributed by atoms with van der Waals surface area (Å²) in [5, 5.41) is 1.71. The van der Waals surface area contributed by atoms with Crippen molar-refractivity contribution >= 4 is 27.0 Å². The normalized spacial score (nSPS) is 25.1. The number of rotatable bonds is 1. The van der Waals surface area contributed by atoms with E-state index in [0.717, 1.165) is 13.1 Å². The quantitative estimate of drug-likeness (QED) is 0.798. The van der Waals surface area contributed by atoms with Crippen molar-refractivity contribution in [2.45, 2.75) is 48.1 Å². The summed E-state index contributed by atoms with van der Waals surface area (Å²) in [6.07, 6.45) is 1.29. The third-order valence-corrected chi connectivity index (χ3v) is 8.72. The third-order valence-electron chi connectivity index (χ3n) is 4.67. The van der Waals surface area contributed by atoms with Gasteiger partial charge in [-0.2, -0.15) is 0 Å². The molecule has 0 unspecified atom stereocenters. The van der Waals surface area contributed by atoms with Gasteiger partial charge in [0.2, 0.25) is 0 Å². The zero-order valence-corrected chi connectivity index (χ0v) is 13.4. The van der Waals surface area contributed by atoms with E-state index >= 15 is 0 Å². The number of likely N-dealkylation sites (tertiary alicyclic amines) is 1. The summed E-state index contributed by atoms with van der Waals surface area (Å²) in [6.45, 7) is 5.75. The fourth-order valence-electron chi connectivity index (χ4n) is 3.28.